The zero-order valence-electron chi connectivity index (χ0n) is 10.3. The summed E-state index contributed by atoms with van der Waals surface area (Å²) >= 11 is 4.76. The van der Waals surface area contributed by atoms with Crippen LogP contribution >= 0.6 is 27.3 Å². The zero-order valence-corrected chi connectivity index (χ0v) is 12.7. The number of ether oxygens (including phenoxy) is 2. The molecule has 0 N–H and O–H groups in total. The van der Waals surface area contributed by atoms with Crippen molar-refractivity contribution in [3.63, 3.8) is 0 Å². The van der Waals surface area contributed by atoms with E-state index < -0.39 is 0 Å². The molecule has 0 fully saturated rings. The molecular weight excluding hydrogens is 304 g/mol. The monoisotopic (exact) mass is 320 g/mol. The van der Waals surface area contributed by atoms with Crippen molar-refractivity contribution < 1.29 is 14.3 Å². The molecule has 0 amide bonds. The molecule has 0 saturated heterocycles. The second kappa shape index (κ2) is 6.64. The van der Waals surface area contributed by atoms with Gasteiger partial charge in [-0.05, 0) is 47.6 Å². The number of carbonyl (C=O) groups is 1. The van der Waals surface area contributed by atoms with E-state index in [4.69, 9.17) is 9.47 Å². The smallest absolute Gasteiger partial charge is 0.199 e. The average Bonchev–Trinajstić information content (AvgIpc) is 2.71. The maximum absolute atomic E-state index is 11.7. The number of halogens is 1. The van der Waals surface area contributed by atoms with Crippen LogP contribution in [0.4, 0.5) is 0 Å². The Morgan fingerprint density at radius 1 is 1.53 bits per heavy atom. The molecule has 0 saturated carbocycles. The molecule has 0 spiro atoms. The van der Waals surface area contributed by atoms with E-state index in [2.05, 4.69) is 15.9 Å². The van der Waals surface area contributed by atoms with Crippen molar-refractivity contribution >= 4 is 33.0 Å². The van der Waals surface area contributed by atoms with Gasteiger partial charge in [-0.1, -0.05) is 0 Å². The van der Waals surface area contributed by atoms with E-state index >= 15 is 0 Å². The van der Waals surface area contributed by atoms with E-state index in [1.165, 1.54) is 11.3 Å². The van der Waals surface area contributed by atoms with E-state index in [0.717, 1.165) is 15.8 Å². The van der Waals surface area contributed by atoms with E-state index in [1.54, 1.807) is 7.11 Å². The molecule has 0 unspecified atom stereocenters. The predicted octanol–water partition coefficient (Wildman–Crippen LogP) is 3.53. The van der Waals surface area contributed by atoms with Crippen LogP contribution in [0.5, 0.6) is 0 Å². The Bertz CT molecular complexity index is 374. The van der Waals surface area contributed by atoms with Gasteiger partial charge >= 0.3 is 0 Å². The maximum atomic E-state index is 11.7. The highest BCUT2D eigenvalue weighted by Gasteiger charge is 2.17. The molecule has 5 heteroatoms. The lowest BCUT2D eigenvalue weighted by molar-refractivity contribution is -0.00834. The molecule has 1 aromatic heterocycles. The summed E-state index contributed by atoms with van der Waals surface area (Å²) in [6.07, 6.45) is 0.766. The van der Waals surface area contributed by atoms with E-state index in [0.29, 0.717) is 6.61 Å². The first kappa shape index (κ1) is 14.8. The Hall–Kier alpha value is -0.230. The van der Waals surface area contributed by atoms with Gasteiger partial charge in [0.05, 0.1) is 10.5 Å². The SMILES string of the molecule is COC(C)(C)CCOCC(=O)c1sccc1Br. The van der Waals surface area contributed by atoms with Gasteiger partial charge in [-0.25, -0.2) is 0 Å². The first-order valence-electron chi connectivity index (χ1n) is 5.35. The van der Waals surface area contributed by atoms with Crippen LogP contribution < -0.4 is 0 Å². The van der Waals surface area contributed by atoms with E-state index in [1.807, 2.05) is 25.3 Å². The minimum absolute atomic E-state index is 0.0158. The molecule has 0 aliphatic carbocycles. The molecule has 0 atom stereocenters. The number of ketones is 1. The number of thiophene rings is 1. The second-order valence-corrected chi connectivity index (χ2v) is 6.06. The van der Waals surface area contributed by atoms with Gasteiger partial charge in [0.1, 0.15) is 6.61 Å². The van der Waals surface area contributed by atoms with Crippen LogP contribution in [-0.2, 0) is 9.47 Å². The quantitative estimate of drug-likeness (QED) is 0.569. The lowest BCUT2D eigenvalue weighted by Gasteiger charge is -2.22. The maximum Gasteiger partial charge on any atom is 0.199 e. The fraction of sp³-hybridized carbons (Fsp3) is 0.583. The summed E-state index contributed by atoms with van der Waals surface area (Å²) in [6.45, 7) is 4.64. The molecule has 1 rings (SSSR count). The molecule has 96 valence electrons. The van der Waals surface area contributed by atoms with Crippen molar-refractivity contribution in [3.05, 3.63) is 20.8 Å². The van der Waals surface area contributed by atoms with Crippen molar-refractivity contribution in [3.8, 4) is 0 Å². The van der Waals surface area contributed by atoms with Gasteiger partial charge in [-0.15, -0.1) is 11.3 Å². The predicted molar refractivity (Wildman–Crippen MR) is 72.9 cm³/mol. The second-order valence-electron chi connectivity index (χ2n) is 4.29. The number of carbonyl (C=O) groups excluding carboxylic acids is 1. The highest BCUT2D eigenvalue weighted by Crippen LogP contribution is 2.23. The highest BCUT2D eigenvalue weighted by molar-refractivity contribution is 9.10. The molecule has 0 aliphatic rings. The van der Waals surface area contributed by atoms with Crippen LogP contribution in [-0.4, -0.2) is 31.7 Å². The summed E-state index contributed by atoms with van der Waals surface area (Å²) in [6, 6.07) is 1.87. The molecular formula is C12H17BrO3S. The van der Waals surface area contributed by atoms with Crippen LogP contribution in [0.2, 0.25) is 0 Å². The molecule has 17 heavy (non-hydrogen) atoms. The number of hydrogen-bond acceptors (Lipinski definition) is 4. The van der Waals surface area contributed by atoms with Crippen molar-refractivity contribution in [2.45, 2.75) is 25.9 Å². The summed E-state index contributed by atoms with van der Waals surface area (Å²) in [5.74, 6) is 0.0158. The standard InChI is InChI=1S/C12H17BrO3S/c1-12(2,15-3)5-6-16-8-10(14)11-9(13)4-7-17-11/h4,7H,5-6,8H2,1-3H3. The van der Waals surface area contributed by atoms with Crippen molar-refractivity contribution in [2.75, 3.05) is 20.3 Å². The lowest BCUT2D eigenvalue weighted by atomic mass is 10.1. The van der Waals surface area contributed by atoms with Crippen LogP contribution in [0.15, 0.2) is 15.9 Å². The minimum Gasteiger partial charge on any atom is -0.379 e. The molecule has 3 nitrogen and oxygen atoms in total. The van der Waals surface area contributed by atoms with Gasteiger partial charge in [0.25, 0.3) is 0 Å². The third-order valence-corrected chi connectivity index (χ3v) is 4.38. The number of Topliss-reactive ketones (excluding diaryl/α,β-unsaturated/α-hetero) is 1. The molecule has 0 aromatic carbocycles. The first-order valence-corrected chi connectivity index (χ1v) is 7.02. The number of hydrogen-bond donors (Lipinski definition) is 0. The zero-order chi connectivity index (χ0) is 12.9. The summed E-state index contributed by atoms with van der Waals surface area (Å²) in [5, 5.41) is 1.88. The van der Waals surface area contributed by atoms with E-state index in [-0.39, 0.29) is 18.0 Å². The third kappa shape index (κ3) is 4.87. The van der Waals surface area contributed by atoms with Crippen LogP contribution in [0.3, 0.4) is 0 Å². The fourth-order valence-electron chi connectivity index (χ4n) is 1.14. The minimum atomic E-state index is -0.202. The highest BCUT2D eigenvalue weighted by atomic mass is 79.9. The topological polar surface area (TPSA) is 35.5 Å². The van der Waals surface area contributed by atoms with Crippen LogP contribution in [0.25, 0.3) is 0 Å². The number of rotatable bonds is 7. The fourth-order valence-corrected chi connectivity index (χ4v) is 2.66. The Kier molecular flexibility index (Phi) is 5.79. The largest absolute Gasteiger partial charge is 0.379 e. The first-order chi connectivity index (χ1) is 7.96. The molecule has 0 radical (unpaired) electrons. The molecule has 1 heterocycles. The summed E-state index contributed by atoms with van der Waals surface area (Å²) in [4.78, 5) is 12.5. The summed E-state index contributed by atoms with van der Waals surface area (Å²) < 4.78 is 11.5. The Morgan fingerprint density at radius 3 is 2.76 bits per heavy atom. The van der Waals surface area contributed by atoms with Gasteiger partial charge < -0.3 is 9.47 Å². The Morgan fingerprint density at radius 2 is 2.24 bits per heavy atom. The normalized spacial score (nSPS) is 11.8. The molecule has 0 aliphatic heterocycles. The summed E-state index contributed by atoms with van der Waals surface area (Å²) in [7, 11) is 1.67. The lowest BCUT2D eigenvalue weighted by Crippen LogP contribution is -2.25. The van der Waals surface area contributed by atoms with Gasteiger partial charge in [0.2, 0.25) is 0 Å². The summed E-state index contributed by atoms with van der Waals surface area (Å²) in [5.41, 5.74) is -0.202. The van der Waals surface area contributed by atoms with Crippen molar-refractivity contribution in [2.24, 2.45) is 0 Å². The molecule has 0 bridgehead atoms. The Balaban J connectivity index is 2.29. The van der Waals surface area contributed by atoms with Gasteiger partial charge in [0.15, 0.2) is 5.78 Å². The number of methoxy groups -OCH3 is 1. The van der Waals surface area contributed by atoms with Crippen molar-refractivity contribution in [1.82, 2.24) is 0 Å². The van der Waals surface area contributed by atoms with Crippen molar-refractivity contribution in [1.29, 1.82) is 0 Å². The van der Waals surface area contributed by atoms with Crippen LogP contribution in [0, 0.1) is 0 Å². The Labute approximate surface area is 114 Å². The third-order valence-electron chi connectivity index (χ3n) is 2.50. The van der Waals surface area contributed by atoms with Crippen LogP contribution in [0.1, 0.15) is 29.9 Å². The van der Waals surface area contributed by atoms with Gasteiger partial charge in [0, 0.05) is 18.2 Å². The van der Waals surface area contributed by atoms with Gasteiger partial charge in [-0.2, -0.15) is 0 Å². The van der Waals surface area contributed by atoms with E-state index in [9.17, 15) is 4.79 Å². The van der Waals surface area contributed by atoms with Gasteiger partial charge in [-0.3, -0.25) is 4.79 Å². The average molecular weight is 321 g/mol. The molecule has 1 aromatic rings.